The Kier molecular flexibility index (Phi) is 8.28. The van der Waals surface area contributed by atoms with Crippen molar-refractivity contribution in [2.45, 2.75) is 19.9 Å². The average molecular weight is 420 g/mol. The number of benzene rings is 2. The van der Waals surface area contributed by atoms with Crippen molar-refractivity contribution in [3.63, 3.8) is 0 Å². The van der Waals surface area contributed by atoms with Gasteiger partial charge in [-0.2, -0.15) is 0 Å². The Morgan fingerprint density at radius 1 is 1.10 bits per heavy atom. The van der Waals surface area contributed by atoms with Gasteiger partial charge in [-0.25, -0.2) is 8.78 Å². The monoisotopic (exact) mass is 420 g/mol. The third-order valence-electron chi connectivity index (χ3n) is 4.00. The highest BCUT2D eigenvalue weighted by Gasteiger charge is 2.17. The van der Waals surface area contributed by atoms with Gasteiger partial charge in [0.05, 0.1) is 18.2 Å². The van der Waals surface area contributed by atoms with E-state index in [1.54, 1.807) is 31.2 Å². The lowest BCUT2D eigenvalue weighted by Crippen LogP contribution is -2.35. The summed E-state index contributed by atoms with van der Waals surface area (Å²) in [7, 11) is 0. The molecular formula is C21H22F2N2O5. The third kappa shape index (κ3) is 6.54. The number of para-hydroxylation sites is 1. The number of hydrogen-bond donors (Lipinski definition) is 2. The minimum Gasteiger partial charge on any atom is -0.493 e. The molecule has 0 aliphatic rings. The molecule has 0 saturated carbocycles. The Morgan fingerprint density at radius 3 is 2.53 bits per heavy atom. The van der Waals surface area contributed by atoms with Crippen molar-refractivity contribution in [3.8, 4) is 5.75 Å². The molecule has 0 fully saturated rings. The highest BCUT2D eigenvalue weighted by atomic mass is 19.1. The van der Waals surface area contributed by atoms with Crippen molar-refractivity contribution < 1.29 is 32.6 Å². The van der Waals surface area contributed by atoms with E-state index in [1.807, 2.05) is 0 Å². The van der Waals surface area contributed by atoms with E-state index in [2.05, 4.69) is 10.6 Å². The first-order chi connectivity index (χ1) is 14.3. The fourth-order valence-corrected chi connectivity index (χ4v) is 2.59. The van der Waals surface area contributed by atoms with Gasteiger partial charge in [-0.05, 0) is 32.0 Å². The molecule has 2 aromatic carbocycles. The van der Waals surface area contributed by atoms with E-state index in [0.29, 0.717) is 18.4 Å². The quantitative estimate of drug-likeness (QED) is 0.608. The lowest BCUT2D eigenvalue weighted by Gasteiger charge is -2.15. The molecule has 0 radical (unpaired) electrons. The van der Waals surface area contributed by atoms with Crippen LogP contribution in [0.4, 0.5) is 8.78 Å². The van der Waals surface area contributed by atoms with Crippen LogP contribution < -0.4 is 15.4 Å². The summed E-state index contributed by atoms with van der Waals surface area (Å²) >= 11 is 0. The molecule has 2 aromatic rings. The molecule has 0 bridgehead atoms. The molecule has 0 heterocycles. The number of nitrogens with one attached hydrogen (secondary N) is 2. The van der Waals surface area contributed by atoms with E-state index in [-0.39, 0.29) is 11.1 Å². The van der Waals surface area contributed by atoms with Gasteiger partial charge >= 0.3 is 5.97 Å². The van der Waals surface area contributed by atoms with Crippen molar-refractivity contribution in [1.82, 2.24) is 10.6 Å². The number of amides is 2. The Morgan fingerprint density at radius 2 is 1.83 bits per heavy atom. The largest absolute Gasteiger partial charge is 0.493 e. The van der Waals surface area contributed by atoms with Crippen molar-refractivity contribution in [2.75, 3.05) is 19.8 Å². The molecule has 2 N–H and O–H groups in total. The Bertz CT molecular complexity index is 920. The third-order valence-corrected chi connectivity index (χ3v) is 4.00. The Balaban J connectivity index is 1.79. The summed E-state index contributed by atoms with van der Waals surface area (Å²) in [5.41, 5.74) is 0.358. The molecule has 0 aliphatic carbocycles. The predicted molar refractivity (Wildman–Crippen MR) is 104 cm³/mol. The van der Waals surface area contributed by atoms with Crippen LogP contribution in [0, 0.1) is 11.6 Å². The van der Waals surface area contributed by atoms with Crippen LogP contribution in [0.1, 0.15) is 35.8 Å². The van der Waals surface area contributed by atoms with Crippen LogP contribution in [0.3, 0.4) is 0 Å². The lowest BCUT2D eigenvalue weighted by atomic mass is 10.1. The lowest BCUT2D eigenvalue weighted by molar-refractivity contribution is -0.147. The van der Waals surface area contributed by atoms with Gasteiger partial charge in [0.2, 0.25) is 0 Å². The number of rotatable bonds is 9. The summed E-state index contributed by atoms with van der Waals surface area (Å²) in [4.78, 5) is 35.9. The van der Waals surface area contributed by atoms with Crippen molar-refractivity contribution in [1.29, 1.82) is 0 Å². The summed E-state index contributed by atoms with van der Waals surface area (Å²) in [6.45, 7) is 2.60. The van der Waals surface area contributed by atoms with E-state index >= 15 is 0 Å². The number of esters is 1. The van der Waals surface area contributed by atoms with Gasteiger partial charge < -0.3 is 20.1 Å². The molecule has 2 amide bonds. The van der Waals surface area contributed by atoms with E-state index < -0.39 is 48.6 Å². The maximum absolute atomic E-state index is 13.7. The highest BCUT2D eigenvalue weighted by molar-refractivity contribution is 5.98. The first-order valence-electron chi connectivity index (χ1n) is 9.21. The summed E-state index contributed by atoms with van der Waals surface area (Å²) in [6.07, 6.45) is 0. The Hall–Kier alpha value is -3.49. The van der Waals surface area contributed by atoms with E-state index in [0.717, 1.165) is 6.07 Å². The highest BCUT2D eigenvalue weighted by Crippen LogP contribution is 2.18. The average Bonchev–Trinajstić information content (AvgIpc) is 2.71. The van der Waals surface area contributed by atoms with Crippen molar-refractivity contribution in [3.05, 3.63) is 65.2 Å². The van der Waals surface area contributed by atoms with Crippen molar-refractivity contribution in [2.24, 2.45) is 0 Å². The van der Waals surface area contributed by atoms with Crippen LogP contribution in [0.2, 0.25) is 0 Å². The standard InChI is InChI=1S/C21H22F2N2O5/c1-3-29-18-7-5-4-6-16(18)21(28)24-11-20(27)30-12-19(26)25-13(2)15-9-8-14(22)10-17(15)23/h4-10,13H,3,11-12H2,1-2H3,(H,24,28)(H,25,26)/t13-/m0/s1. The number of carbonyl (C=O) groups is 3. The number of ether oxygens (including phenoxy) is 2. The van der Waals surface area contributed by atoms with E-state index in [1.165, 1.54) is 13.0 Å². The zero-order chi connectivity index (χ0) is 22.1. The maximum atomic E-state index is 13.7. The molecule has 0 spiro atoms. The second-order valence-corrected chi connectivity index (χ2v) is 6.23. The maximum Gasteiger partial charge on any atom is 0.325 e. The van der Waals surface area contributed by atoms with Gasteiger partial charge in [0, 0.05) is 11.6 Å². The van der Waals surface area contributed by atoms with Gasteiger partial charge in [-0.1, -0.05) is 18.2 Å². The van der Waals surface area contributed by atoms with Gasteiger partial charge in [-0.3, -0.25) is 14.4 Å². The number of halogens is 2. The van der Waals surface area contributed by atoms with Crippen LogP contribution in [-0.2, 0) is 14.3 Å². The molecular weight excluding hydrogens is 398 g/mol. The summed E-state index contributed by atoms with van der Waals surface area (Å²) in [6, 6.07) is 8.81. The van der Waals surface area contributed by atoms with Crippen LogP contribution in [0.25, 0.3) is 0 Å². The summed E-state index contributed by atoms with van der Waals surface area (Å²) in [5.74, 6) is -3.17. The summed E-state index contributed by atoms with van der Waals surface area (Å²) < 4.78 is 36.9. The van der Waals surface area contributed by atoms with Gasteiger partial charge in [0.1, 0.15) is 23.9 Å². The SMILES string of the molecule is CCOc1ccccc1C(=O)NCC(=O)OCC(=O)N[C@@H](C)c1ccc(F)cc1F. The number of hydrogen-bond acceptors (Lipinski definition) is 5. The number of carbonyl (C=O) groups excluding carboxylic acids is 3. The zero-order valence-electron chi connectivity index (χ0n) is 16.5. The van der Waals surface area contributed by atoms with Crippen LogP contribution in [-0.4, -0.2) is 37.5 Å². The molecule has 9 heteroatoms. The Labute approximate surface area is 172 Å². The van der Waals surface area contributed by atoms with Crippen LogP contribution >= 0.6 is 0 Å². The van der Waals surface area contributed by atoms with Crippen LogP contribution in [0.15, 0.2) is 42.5 Å². The van der Waals surface area contributed by atoms with E-state index in [9.17, 15) is 23.2 Å². The van der Waals surface area contributed by atoms with Crippen molar-refractivity contribution >= 4 is 17.8 Å². The zero-order valence-corrected chi connectivity index (χ0v) is 16.5. The molecule has 1 atom stereocenters. The fourth-order valence-electron chi connectivity index (χ4n) is 2.59. The second kappa shape index (κ2) is 10.9. The molecule has 0 aromatic heterocycles. The molecule has 7 nitrogen and oxygen atoms in total. The molecule has 160 valence electrons. The minimum absolute atomic E-state index is 0.0938. The summed E-state index contributed by atoms with van der Waals surface area (Å²) in [5, 5.41) is 4.83. The van der Waals surface area contributed by atoms with Crippen LogP contribution in [0.5, 0.6) is 5.75 Å². The molecule has 0 saturated heterocycles. The molecule has 2 rings (SSSR count). The predicted octanol–water partition coefficient (Wildman–Crippen LogP) is 2.51. The minimum atomic E-state index is -0.826. The molecule has 0 aliphatic heterocycles. The van der Waals surface area contributed by atoms with Gasteiger partial charge in [0.15, 0.2) is 6.61 Å². The normalized spacial score (nSPS) is 11.3. The first kappa shape index (κ1) is 22.8. The fraction of sp³-hybridized carbons (Fsp3) is 0.286. The van der Waals surface area contributed by atoms with Gasteiger partial charge in [0.25, 0.3) is 11.8 Å². The van der Waals surface area contributed by atoms with E-state index in [4.69, 9.17) is 9.47 Å². The topological polar surface area (TPSA) is 93.7 Å². The molecule has 0 unspecified atom stereocenters. The smallest absolute Gasteiger partial charge is 0.325 e. The van der Waals surface area contributed by atoms with Gasteiger partial charge in [-0.15, -0.1) is 0 Å². The second-order valence-electron chi connectivity index (χ2n) is 6.23. The molecule has 30 heavy (non-hydrogen) atoms. The first-order valence-corrected chi connectivity index (χ1v) is 9.21.